The second-order valence-corrected chi connectivity index (χ2v) is 6.42. The molecule has 4 rings (SSSR count). The van der Waals surface area contributed by atoms with Gasteiger partial charge in [0.1, 0.15) is 11.3 Å². The first-order valence-corrected chi connectivity index (χ1v) is 8.98. The van der Waals surface area contributed by atoms with Gasteiger partial charge in [0.25, 0.3) is 0 Å². The number of fused-ring (bicyclic) bond motifs is 1. The summed E-state index contributed by atoms with van der Waals surface area (Å²) in [5.41, 5.74) is 0.338. The molecule has 4 aromatic rings. The predicted octanol–water partition coefficient (Wildman–Crippen LogP) is 5.03. The molecule has 158 valence electrons. The Balaban J connectivity index is 1.59. The van der Waals surface area contributed by atoms with Crippen LogP contribution in [0.4, 0.5) is 23.8 Å². The Bertz CT molecular complexity index is 1240. The lowest BCUT2D eigenvalue weighted by atomic mass is 10.1. The fourth-order valence-electron chi connectivity index (χ4n) is 2.94. The molecule has 0 bridgehead atoms. The molecule has 0 aliphatic rings. The van der Waals surface area contributed by atoms with Crippen LogP contribution in [0.3, 0.4) is 0 Å². The third-order valence-corrected chi connectivity index (χ3v) is 4.33. The molecule has 1 amide bonds. The number of hydrogen-bond donors (Lipinski definition) is 1. The summed E-state index contributed by atoms with van der Waals surface area (Å²) in [7, 11) is 1.13. The Morgan fingerprint density at radius 3 is 2.55 bits per heavy atom. The molecule has 3 heterocycles. The number of carbonyl (C=O) groups excluding carboxylic acids is 1. The van der Waals surface area contributed by atoms with Crippen LogP contribution in [-0.4, -0.2) is 27.8 Å². The van der Waals surface area contributed by atoms with Crippen LogP contribution in [0.2, 0.25) is 0 Å². The van der Waals surface area contributed by atoms with E-state index in [1.165, 1.54) is 10.7 Å². The molecule has 1 aromatic carbocycles. The van der Waals surface area contributed by atoms with Crippen molar-refractivity contribution in [3.05, 3.63) is 72.6 Å². The van der Waals surface area contributed by atoms with Gasteiger partial charge in [-0.2, -0.15) is 13.2 Å². The van der Waals surface area contributed by atoms with Gasteiger partial charge in [-0.3, -0.25) is 5.32 Å². The van der Waals surface area contributed by atoms with E-state index in [1.807, 2.05) is 0 Å². The Morgan fingerprint density at radius 2 is 1.84 bits per heavy atom. The number of alkyl halides is 3. The number of aromatic nitrogens is 3. The molecule has 0 fully saturated rings. The van der Waals surface area contributed by atoms with E-state index in [2.05, 4.69) is 15.4 Å². The van der Waals surface area contributed by atoms with Gasteiger partial charge >= 0.3 is 12.3 Å². The Hall–Kier alpha value is -4.08. The molecule has 0 unspecified atom stereocenters. The third-order valence-electron chi connectivity index (χ3n) is 4.33. The summed E-state index contributed by atoms with van der Waals surface area (Å²) in [4.78, 5) is 15.8. The van der Waals surface area contributed by atoms with Crippen molar-refractivity contribution in [1.29, 1.82) is 0 Å². The van der Waals surface area contributed by atoms with E-state index in [0.717, 1.165) is 13.2 Å². The highest BCUT2D eigenvalue weighted by Gasteiger charge is 2.35. The van der Waals surface area contributed by atoms with Gasteiger partial charge in [0.2, 0.25) is 5.88 Å². The third kappa shape index (κ3) is 4.42. The molecule has 0 atom stereocenters. The number of halogens is 3. The molecule has 0 aliphatic carbocycles. The molecule has 0 spiro atoms. The van der Waals surface area contributed by atoms with E-state index >= 15 is 0 Å². The average Bonchev–Trinajstić information content (AvgIpc) is 3.14. The van der Waals surface area contributed by atoms with Crippen LogP contribution in [0.1, 0.15) is 5.56 Å². The monoisotopic (exact) mass is 428 g/mol. The van der Waals surface area contributed by atoms with Gasteiger partial charge in [-0.25, -0.2) is 14.3 Å². The minimum atomic E-state index is -4.61. The van der Waals surface area contributed by atoms with E-state index in [9.17, 15) is 18.0 Å². The summed E-state index contributed by atoms with van der Waals surface area (Å²) < 4.78 is 51.2. The molecule has 31 heavy (non-hydrogen) atoms. The van der Waals surface area contributed by atoms with Gasteiger partial charge in [-0.1, -0.05) is 18.2 Å². The first kappa shape index (κ1) is 20.2. The smallest absolute Gasteiger partial charge is 0.421 e. The van der Waals surface area contributed by atoms with Crippen molar-refractivity contribution in [1.82, 2.24) is 14.6 Å². The van der Waals surface area contributed by atoms with Crippen LogP contribution in [0.5, 0.6) is 11.6 Å². The average molecular weight is 428 g/mol. The normalized spacial score (nSPS) is 11.4. The van der Waals surface area contributed by atoms with Gasteiger partial charge in [-0.05, 0) is 35.9 Å². The van der Waals surface area contributed by atoms with Crippen molar-refractivity contribution in [3.8, 4) is 22.8 Å². The number of pyridine rings is 2. The Kier molecular flexibility index (Phi) is 5.20. The van der Waals surface area contributed by atoms with Crippen molar-refractivity contribution in [2.45, 2.75) is 6.18 Å². The SMILES string of the molecule is COc1ncc(-c2ccn3nc(NC(=O)Oc4ccccc4)cc3c2)cc1C(F)(F)F. The van der Waals surface area contributed by atoms with E-state index in [4.69, 9.17) is 9.47 Å². The number of carbonyl (C=O) groups is 1. The van der Waals surface area contributed by atoms with Gasteiger partial charge in [0, 0.05) is 24.0 Å². The maximum atomic E-state index is 13.3. The summed E-state index contributed by atoms with van der Waals surface area (Å²) in [5, 5.41) is 6.71. The summed E-state index contributed by atoms with van der Waals surface area (Å²) in [6.45, 7) is 0. The molecule has 7 nitrogen and oxygen atoms in total. The van der Waals surface area contributed by atoms with Gasteiger partial charge < -0.3 is 9.47 Å². The molecule has 10 heteroatoms. The minimum Gasteiger partial charge on any atom is -0.481 e. The predicted molar refractivity (Wildman–Crippen MR) is 106 cm³/mol. The Morgan fingerprint density at radius 1 is 1.06 bits per heavy atom. The second kappa shape index (κ2) is 7.98. The van der Waals surface area contributed by atoms with Gasteiger partial charge in [-0.15, -0.1) is 5.10 Å². The number of ether oxygens (including phenoxy) is 2. The molecular formula is C21H15F3N4O3. The fraction of sp³-hybridized carbons (Fsp3) is 0.0952. The van der Waals surface area contributed by atoms with Gasteiger partial charge in [0.05, 0.1) is 12.6 Å². The Labute approximate surface area is 174 Å². The molecular weight excluding hydrogens is 413 g/mol. The van der Waals surface area contributed by atoms with Crippen molar-refractivity contribution < 1.29 is 27.4 Å². The quantitative estimate of drug-likeness (QED) is 0.493. The van der Waals surface area contributed by atoms with Crippen LogP contribution < -0.4 is 14.8 Å². The minimum absolute atomic E-state index is 0.224. The summed E-state index contributed by atoms with van der Waals surface area (Å²) in [6, 6.07) is 14.3. The van der Waals surface area contributed by atoms with E-state index < -0.39 is 23.7 Å². The molecule has 0 radical (unpaired) electrons. The van der Waals surface area contributed by atoms with E-state index in [1.54, 1.807) is 54.7 Å². The van der Waals surface area contributed by atoms with E-state index in [-0.39, 0.29) is 11.4 Å². The van der Waals surface area contributed by atoms with Crippen LogP contribution in [0, 0.1) is 0 Å². The zero-order valence-electron chi connectivity index (χ0n) is 16.1. The first-order chi connectivity index (χ1) is 14.8. The maximum absolute atomic E-state index is 13.3. The topological polar surface area (TPSA) is 77.8 Å². The van der Waals surface area contributed by atoms with Crippen molar-refractivity contribution >= 4 is 17.4 Å². The number of nitrogens with zero attached hydrogens (tertiary/aromatic N) is 3. The molecule has 3 aromatic heterocycles. The van der Waals surface area contributed by atoms with Crippen LogP contribution >= 0.6 is 0 Å². The number of para-hydroxylation sites is 1. The number of nitrogens with one attached hydrogen (secondary N) is 1. The highest BCUT2D eigenvalue weighted by Crippen LogP contribution is 2.37. The number of rotatable bonds is 4. The molecule has 0 saturated heterocycles. The lowest BCUT2D eigenvalue weighted by molar-refractivity contribution is -0.139. The number of benzene rings is 1. The summed E-state index contributed by atoms with van der Waals surface area (Å²) in [5.74, 6) is 0.102. The number of methoxy groups -OCH3 is 1. The standard InChI is InChI=1S/C21H15F3N4O3/c1-30-19-17(21(22,23)24)10-14(12-25-19)13-7-8-28-15(9-13)11-18(27-28)26-20(29)31-16-5-3-2-4-6-16/h2-12H,1H3,(H,26,27,29). The first-order valence-electron chi connectivity index (χ1n) is 8.98. The molecule has 1 N–H and O–H groups in total. The second-order valence-electron chi connectivity index (χ2n) is 6.42. The fourth-order valence-corrected chi connectivity index (χ4v) is 2.94. The van der Waals surface area contributed by atoms with Gasteiger partial charge in [0.15, 0.2) is 5.82 Å². The highest BCUT2D eigenvalue weighted by molar-refractivity contribution is 5.86. The van der Waals surface area contributed by atoms with Crippen LogP contribution in [0.25, 0.3) is 16.6 Å². The maximum Gasteiger partial charge on any atom is 0.421 e. The van der Waals surface area contributed by atoms with Crippen molar-refractivity contribution in [2.24, 2.45) is 0 Å². The molecule has 0 aliphatic heterocycles. The largest absolute Gasteiger partial charge is 0.481 e. The lowest BCUT2D eigenvalue weighted by Gasteiger charge is -2.12. The summed E-state index contributed by atoms with van der Waals surface area (Å²) in [6.07, 6.45) is -2.46. The number of amides is 1. The summed E-state index contributed by atoms with van der Waals surface area (Å²) >= 11 is 0. The van der Waals surface area contributed by atoms with Crippen molar-refractivity contribution in [2.75, 3.05) is 12.4 Å². The van der Waals surface area contributed by atoms with Crippen LogP contribution in [0.15, 0.2) is 67.0 Å². The number of hydrogen-bond acceptors (Lipinski definition) is 5. The van der Waals surface area contributed by atoms with Crippen LogP contribution in [-0.2, 0) is 6.18 Å². The highest BCUT2D eigenvalue weighted by atomic mass is 19.4. The van der Waals surface area contributed by atoms with Crippen molar-refractivity contribution in [3.63, 3.8) is 0 Å². The zero-order valence-corrected chi connectivity index (χ0v) is 16.1. The zero-order chi connectivity index (χ0) is 22.0. The number of anilines is 1. The molecule has 0 saturated carbocycles. The van der Waals surface area contributed by atoms with E-state index in [0.29, 0.717) is 16.8 Å². The lowest BCUT2D eigenvalue weighted by Crippen LogP contribution is -2.16.